The molecule has 0 radical (unpaired) electrons. The molecule has 0 amide bonds. The van der Waals surface area contributed by atoms with Crippen molar-refractivity contribution in [2.45, 2.75) is 70.8 Å². The van der Waals surface area contributed by atoms with Crippen LogP contribution in [-0.4, -0.2) is 29.7 Å². The molecule has 6 rings (SSSR count). The van der Waals surface area contributed by atoms with Crippen molar-refractivity contribution < 1.29 is 19.4 Å². The number of rotatable bonds is 2. The summed E-state index contributed by atoms with van der Waals surface area (Å²) in [6.07, 6.45) is 11.5. The summed E-state index contributed by atoms with van der Waals surface area (Å²) >= 11 is 0. The van der Waals surface area contributed by atoms with Gasteiger partial charge in [0.2, 0.25) is 0 Å². The molecule has 0 saturated heterocycles. The molecule has 2 fully saturated rings. The van der Waals surface area contributed by atoms with E-state index in [0.717, 1.165) is 43.6 Å². The summed E-state index contributed by atoms with van der Waals surface area (Å²) in [7, 11) is 0. The average Bonchev–Trinajstić information content (AvgIpc) is 3.03. The zero-order chi connectivity index (χ0) is 23.7. The second kappa shape index (κ2) is 7.84. The van der Waals surface area contributed by atoms with Gasteiger partial charge in [0.25, 0.3) is 0 Å². The van der Waals surface area contributed by atoms with E-state index in [4.69, 9.17) is 9.47 Å². The van der Waals surface area contributed by atoms with E-state index < -0.39 is 5.60 Å². The Morgan fingerprint density at radius 2 is 1.91 bits per heavy atom. The third kappa shape index (κ3) is 3.03. The van der Waals surface area contributed by atoms with Gasteiger partial charge in [-0.1, -0.05) is 37.6 Å². The molecular formula is C30H36O4. The molecular weight excluding hydrogens is 424 g/mol. The van der Waals surface area contributed by atoms with Crippen molar-refractivity contribution in [3.8, 4) is 11.5 Å². The van der Waals surface area contributed by atoms with Gasteiger partial charge < -0.3 is 14.6 Å². The van der Waals surface area contributed by atoms with Crippen LogP contribution in [-0.2, 0) is 4.79 Å². The van der Waals surface area contributed by atoms with Gasteiger partial charge in [0.05, 0.1) is 5.60 Å². The minimum absolute atomic E-state index is 0.205. The van der Waals surface area contributed by atoms with E-state index in [1.165, 1.54) is 16.7 Å². The van der Waals surface area contributed by atoms with E-state index in [0.29, 0.717) is 31.5 Å². The van der Waals surface area contributed by atoms with Gasteiger partial charge in [-0.25, -0.2) is 0 Å². The number of hydrogen-bond acceptors (Lipinski definition) is 4. The fraction of sp³-hybridized carbons (Fsp3) is 0.567. The molecule has 0 bridgehead atoms. The summed E-state index contributed by atoms with van der Waals surface area (Å²) in [6.45, 7) is 7.74. The summed E-state index contributed by atoms with van der Waals surface area (Å²) < 4.78 is 11.8. The summed E-state index contributed by atoms with van der Waals surface area (Å²) in [5.74, 6) is 3.22. The maximum absolute atomic E-state index is 12.3. The van der Waals surface area contributed by atoms with Crippen LogP contribution in [0.5, 0.6) is 11.5 Å². The number of aliphatic hydroxyl groups is 1. The number of carbonyl (C=O) groups is 1. The molecule has 1 aromatic rings. The first-order chi connectivity index (χ1) is 16.4. The van der Waals surface area contributed by atoms with E-state index in [9.17, 15) is 9.90 Å². The maximum Gasteiger partial charge on any atom is 0.161 e. The van der Waals surface area contributed by atoms with Crippen molar-refractivity contribution in [3.05, 3.63) is 58.7 Å². The SMILES string of the molecule is CC=C[C@]1(O)[C@H](C)C[C@H]2[C@@H]3CCC4=CC(=O)CCC4=C3[C@@H](c3ccc4c(c3)OCCO4)C[C@@]21C. The zero-order valence-electron chi connectivity index (χ0n) is 20.6. The Bertz CT molecular complexity index is 1130. The first-order valence-corrected chi connectivity index (χ1v) is 13.1. The Labute approximate surface area is 202 Å². The van der Waals surface area contributed by atoms with Gasteiger partial charge in [-0.3, -0.25) is 4.79 Å². The van der Waals surface area contributed by atoms with Crippen LogP contribution in [0.1, 0.15) is 70.8 Å². The number of benzene rings is 1. The predicted octanol–water partition coefficient (Wildman–Crippen LogP) is 5.91. The van der Waals surface area contributed by atoms with Gasteiger partial charge in [-0.15, -0.1) is 0 Å². The fourth-order valence-corrected chi connectivity index (χ4v) is 8.21. The molecule has 1 aliphatic heterocycles. The fourth-order valence-electron chi connectivity index (χ4n) is 8.21. The molecule has 4 aliphatic carbocycles. The molecule has 180 valence electrons. The van der Waals surface area contributed by atoms with Crippen LogP contribution in [0.2, 0.25) is 0 Å². The third-order valence-corrected chi connectivity index (χ3v) is 9.79. The lowest BCUT2D eigenvalue weighted by molar-refractivity contribution is -0.114. The largest absolute Gasteiger partial charge is 0.486 e. The van der Waals surface area contributed by atoms with Crippen LogP contribution in [0.25, 0.3) is 0 Å². The quantitative estimate of drug-likeness (QED) is 0.558. The summed E-state index contributed by atoms with van der Waals surface area (Å²) in [6, 6.07) is 6.43. The highest BCUT2D eigenvalue weighted by Crippen LogP contribution is 2.68. The molecule has 0 aromatic heterocycles. The minimum atomic E-state index is -0.812. The number of fused-ring (bicyclic) bond motifs is 5. The summed E-state index contributed by atoms with van der Waals surface area (Å²) in [5, 5.41) is 12.1. The predicted molar refractivity (Wildman–Crippen MR) is 132 cm³/mol. The van der Waals surface area contributed by atoms with Crippen molar-refractivity contribution in [2.75, 3.05) is 13.2 Å². The average molecular weight is 461 g/mol. The monoisotopic (exact) mass is 460 g/mol. The molecule has 4 nitrogen and oxygen atoms in total. The highest BCUT2D eigenvalue weighted by molar-refractivity contribution is 5.93. The molecule has 2 saturated carbocycles. The number of ketones is 1. The molecule has 0 spiro atoms. The Hall–Kier alpha value is -2.33. The van der Waals surface area contributed by atoms with Gasteiger partial charge in [-0.2, -0.15) is 0 Å². The van der Waals surface area contributed by atoms with Gasteiger partial charge in [-0.05, 0) is 91.7 Å². The van der Waals surface area contributed by atoms with Crippen LogP contribution in [0.3, 0.4) is 0 Å². The Balaban J connectivity index is 1.53. The summed E-state index contributed by atoms with van der Waals surface area (Å²) in [5.41, 5.74) is 4.47. The van der Waals surface area contributed by atoms with Crippen molar-refractivity contribution in [2.24, 2.45) is 23.2 Å². The normalized spacial score (nSPS) is 38.9. The molecule has 1 aromatic carbocycles. The Kier molecular flexibility index (Phi) is 5.11. The van der Waals surface area contributed by atoms with E-state index in [1.54, 1.807) is 5.57 Å². The highest BCUT2D eigenvalue weighted by atomic mass is 16.6. The summed E-state index contributed by atoms with van der Waals surface area (Å²) in [4.78, 5) is 12.3. The van der Waals surface area contributed by atoms with Gasteiger partial charge in [0.15, 0.2) is 17.3 Å². The van der Waals surface area contributed by atoms with Gasteiger partial charge in [0, 0.05) is 17.8 Å². The number of carbonyl (C=O) groups excluding carboxylic acids is 1. The van der Waals surface area contributed by atoms with E-state index in [-0.39, 0.29) is 23.0 Å². The molecule has 5 aliphatic rings. The third-order valence-electron chi connectivity index (χ3n) is 9.79. The van der Waals surface area contributed by atoms with Crippen LogP contribution in [0.4, 0.5) is 0 Å². The van der Waals surface area contributed by atoms with Gasteiger partial charge >= 0.3 is 0 Å². The van der Waals surface area contributed by atoms with E-state index in [1.807, 2.05) is 19.1 Å². The number of hydrogen-bond donors (Lipinski definition) is 1. The lowest BCUT2D eigenvalue weighted by Gasteiger charge is -2.54. The van der Waals surface area contributed by atoms with Gasteiger partial charge in [0.1, 0.15) is 13.2 Å². The number of ether oxygens (including phenoxy) is 2. The van der Waals surface area contributed by atoms with Crippen LogP contribution in [0, 0.1) is 23.2 Å². The lowest BCUT2D eigenvalue weighted by Crippen LogP contribution is -2.52. The molecule has 0 unspecified atom stereocenters. The zero-order valence-corrected chi connectivity index (χ0v) is 20.6. The first-order valence-electron chi connectivity index (χ1n) is 13.1. The molecule has 1 heterocycles. The topological polar surface area (TPSA) is 55.8 Å². The lowest BCUT2D eigenvalue weighted by atomic mass is 9.51. The van der Waals surface area contributed by atoms with E-state index >= 15 is 0 Å². The minimum Gasteiger partial charge on any atom is -0.486 e. The van der Waals surface area contributed by atoms with Crippen LogP contribution >= 0.6 is 0 Å². The van der Waals surface area contributed by atoms with E-state index in [2.05, 4.69) is 38.1 Å². The second-order valence-electron chi connectivity index (χ2n) is 11.4. The van der Waals surface area contributed by atoms with Crippen molar-refractivity contribution in [1.29, 1.82) is 0 Å². The molecule has 1 N–H and O–H groups in total. The van der Waals surface area contributed by atoms with Crippen LogP contribution in [0.15, 0.2) is 53.1 Å². The maximum atomic E-state index is 12.3. The second-order valence-corrected chi connectivity index (χ2v) is 11.4. The molecule has 4 heteroatoms. The smallest absolute Gasteiger partial charge is 0.161 e. The Morgan fingerprint density at radius 3 is 2.71 bits per heavy atom. The molecule has 34 heavy (non-hydrogen) atoms. The van der Waals surface area contributed by atoms with Crippen molar-refractivity contribution in [1.82, 2.24) is 0 Å². The van der Waals surface area contributed by atoms with Crippen molar-refractivity contribution >= 4 is 5.78 Å². The Morgan fingerprint density at radius 1 is 1.12 bits per heavy atom. The molecule has 6 atom stereocenters. The standard InChI is InChI=1S/C30H36O4/c1-4-11-30(32)18(2)14-25-23-8-5-19-15-21(31)7-9-22(19)28(23)24(17-29(25,30)3)20-6-10-26-27(16-20)34-13-12-33-26/h4,6,10-11,15-16,18,23-25,32H,5,7-9,12-14,17H2,1-3H3/t18-,23+,24-,25+,29+,30+/m1/s1. The highest BCUT2D eigenvalue weighted by Gasteiger charge is 2.64. The van der Waals surface area contributed by atoms with Crippen molar-refractivity contribution in [3.63, 3.8) is 0 Å². The van der Waals surface area contributed by atoms with Crippen LogP contribution < -0.4 is 9.47 Å². The number of allylic oxidation sites excluding steroid dienone is 5. The first kappa shape index (κ1) is 22.2.